The number of ether oxygens (including phenoxy) is 1. The Labute approximate surface area is 198 Å². The van der Waals surface area contributed by atoms with E-state index in [-0.39, 0.29) is 36.7 Å². The van der Waals surface area contributed by atoms with Crippen molar-refractivity contribution in [3.8, 4) is 6.07 Å². The van der Waals surface area contributed by atoms with Gasteiger partial charge in [0, 0.05) is 6.42 Å². The molecule has 0 aromatic rings. The lowest BCUT2D eigenvalue weighted by molar-refractivity contribution is -0.155. The van der Waals surface area contributed by atoms with Crippen LogP contribution in [0.3, 0.4) is 0 Å². The third-order valence-corrected chi connectivity index (χ3v) is 6.52. The van der Waals surface area contributed by atoms with Gasteiger partial charge in [0.1, 0.15) is 6.10 Å². The van der Waals surface area contributed by atoms with Crippen LogP contribution in [-0.2, 0) is 14.3 Å². The Morgan fingerprint density at radius 3 is 2.33 bits per heavy atom. The Balaban J connectivity index is 3.13. The molecule has 0 fully saturated rings. The molecule has 1 aliphatic heterocycles. The van der Waals surface area contributed by atoms with Crippen LogP contribution in [0.5, 0.6) is 0 Å². The number of rotatable bonds is 3. The summed E-state index contributed by atoms with van der Waals surface area (Å²) in [5, 5.41) is 39.9. The molecule has 1 aliphatic rings. The van der Waals surface area contributed by atoms with Crippen molar-refractivity contribution < 1.29 is 29.6 Å². The predicted octanol–water partition coefficient (Wildman–Crippen LogP) is 4.25. The number of carboxylic acids is 1. The molecule has 3 N–H and O–H groups in total. The van der Waals surface area contributed by atoms with Crippen LogP contribution in [0.25, 0.3) is 0 Å². The van der Waals surface area contributed by atoms with Gasteiger partial charge in [-0.2, -0.15) is 5.26 Å². The molecular formula is C26H41NO6. The standard InChI is InChI=1S/C26H41NO6/c1-16-10-17(2)12-19(4)25(30)21(15-27)8-6-7-9-22(13-20(5)26(31)32)33-24(29)14-23(28)18(3)11-16/h6-8,16-20,22-23,25,28,30H,9-14H2,1-5H3,(H,31,32)/b7-6+,21-8-/t16-,17+,18-,19-,20-,22?,23-,25+/m0/s1. The highest BCUT2D eigenvalue weighted by Gasteiger charge is 2.26. The maximum absolute atomic E-state index is 12.5. The van der Waals surface area contributed by atoms with E-state index in [2.05, 4.69) is 19.9 Å². The minimum absolute atomic E-state index is 0.0847. The van der Waals surface area contributed by atoms with Crippen molar-refractivity contribution in [3.05, 3.63) is 23.8 Å². The Morgan fingerprint density at radius 1 is 1.15 bits per heavy atom. The van der Waals surface area contributed by atoms with Crippen molar-refractivity contribution in [2.75, 3.05) is 0 Å². The van der Waals surface area contributed by atoms with E-state index in [9.17, 15) is 30.2 Å². The molecule has 7 heteroatoms. The molecular weight excluding hydrogens is 422 g/mol. The highest BCUT2D eigenvalue weighted by molar-refractivity contribution is 5.71. The Hall–Kier alpha value is -2.17. The second-order valence-electron chi connectivity index (χ2n) is 10.1. The zero-order chi connectivity index (χ0) is 25.1. The number of allylic oxidation sites excluding steroid dienone is 2. The number of aliphatic hydroxyl groups is 2. The van der Waals surface area contributed by atoms with Crippen LogP contribution in [0, 0.1) is 40.9 Å². The minimum Gasteiger partial charge on any atom is -0.481 e. The van der Waals surface area contributed by atoms with Crippen LogP contribution in [0.1, 0.15) is 73.1 Å². The molecule has 1 unspecified atom stereocenters. The molecule has 0 saturated carbocycles. The highest BCUT2D eigenvalue weighted by atomic mass is 16.5. The van der Waals surface area contributed by atoms with Crippen molar-refractivity contribution >= 4 is 11.9 Å². The molecule has 7 nitrogen and oxygen atoms in total. The normalized spacial score (nSPS) is 36.7. The smallest absolute Gasteiger partial charge is 0.308 e. The number of carbonyl (C=O) groups is 2. The summed E-state index contributed by atoms with van der Waals surface area (Å²) in [5.41, 5.74) is 0.268. The van der Waals surface area contributed by atoms with E-state index in [1.54, 1.807) is 25.2 Å². The number of hydrogen-bond acceptors (Lipinski definition) is 6. The van der Waals surface area contributed by atoms with E-state index in [0.717, 1.165) is 19.3 Å². The van der Waals surface area contributed by atoms with E-state index in [1.807, 2.05) is 13.8 Å². The number of carboxylic acid groups (broad SMARTS) is 1. The molecule has 1 heterocycles. The zero-order valence-electron chi connectivity index (χ0n) is 20.6. The van der Waals surface area contributed by atoms with Gasteiger partial charge in [0.15, 0.2) is 0 Å². The Kier molecular flexibility index (Phi) is 12.4. The molecule has 0 aromatic heterocycles. The molecule has 0 radical (unpaired) electrons. The van der Waals surface area contributed by atoms with E-state index >= 15 is 0 Å². The van der Waals surface area contributed by atoms with Crippen molar-refractivity contribution in [2.45, 2.75) is 91.5 Å². The van der Waals surface area contributed by atoms with Crippen molar-refractivity contribution in [2.24, 2.45) is 29.6 Å². The molecule has 0 saturated heterocycles. The lowest BCUT2D eigenvalue weighted by Gasteiger charge is -2.27. The Morgan fingerprint density at radius 2 is 1.76 bits per heavy atom. The summed E-state index contributed by atoms with van der Waals surface area (Å²) >= 11 is 0. The largest absolute Gasteiger partial charge is 0.481 e. The quantitative estimate of drug-likeness (QED) is 0.534. The first kappa shape index (κ1) is 28.9. The lowest BCUT2D eigenvalue weighted by atomic mass is 9.82. The highest BCUT2D eigenvalue weighted by Crippen LogP contribution is 2.28. The number of hydrogen-bond donors (Lipinski definition) is 3. The van der Waals surface area contributed by atoms with E-state index in [1.165, 1.54) is 0 Å². The topological polar surface area (TPSA) is 128 Å². The van der Waals surface area contributed by atoms with Crippen LogP contribution < -0.4 is 0 Å². The van der Waals surface area contributed by atoms with Gasteiger partial charge in [-0.1, -0.05) is 46.8 Å². The maximum Gasteiger partial charge on any atom is 0.308 e. The number of aliphatic carboxylic acids is 1. The first-order chi connectivity index (χ1) is 15.4. The first-order valence-corrected chi connectivity index (χ1v) is 12.0. The molecule has 0 aromatic carbocycles. The summed E-state index contributed by atoms with van der Waals surface area (Å²) in [4.78, 5) is 23.7. The summed E-state index contributed by atoms with van der Waals surface area (Å²) in [6.45, 7) is 9.65. The fourth-order valence-electron chi connectivity index (χ4n) is 4.64. The molecule has 0 spiro atoms. The molecule has 33 heavy (non-hydrogen) atoms. The fraction of sp³-hybridized carbons (Fsp3) is 0.731. The summed E-state index contributed by atoms with van der Waals surface area (Å²) in [5.74, 6) is -1.74. The van der Waals surface area contributed by atoms with Crippen molar-refractivity contribution in [1.29, 1.82) is 5.26 Å². The predicted molar refractivity (Wildman–Crippen MR) is 126 cm³/mol. The number of carbonyl (C=O) groups excluding carboxylic acids is 1. The minimum atomic E-state index is -0.977. The van der Waals surface area contributed by atoms with E-state index < -0.39 is 36.2 Å². The number of nitriles is 1. The summed E-state index contributed by atoms with van der Waals surface area (Å²) in [7, 11) is 0. The summed E-state index contributed by atoms with van der Waals surface area (Å²) in [6, 6.07) is 2.07. The van der Waals surface area contributed by atoms with Gasteiger partial charge in [-0.05, 0) is 55.4 Å². The first-order valence-electron chi connectivity index (χ1n) is 12.0. The number of aliphatic hydroxyl groups excluding tert-OH is 2. The van der Waals surface area contributed by atoms with Crippen molar-refractivity contribution in [3.63, 3.8) is 0 Å². The average molecular weight is 464 g/mol. The molecule has 1 rings (SSSR count). The second kappa shape index (κ2) is 14.2. The van der Waals surface area contributed by atoms with Gasteiger partial charge in [0.05, 0.1) is 36.2 Å². The average Bonchev–Trinajstić information content (AvgIpc) is 2.71. The number of cyclic esters (lactones) is 1. The zero-order valence-corrected chi connectivity index (χ0v) is 20.6. The van der Waals surface area contributed by atoms with Gasteiger partial charge in [0.25, 0.3) is 0 Å². The third-order valence-electron chi connectivity index (χ3n) is 6.52. The molecule has 0 bridgehead atoms. The molecule has 186 valence electrons. The number of nitrogens with zero attached hydrogens (tertiary/aromatic N) is 1. The maximum atomic E-state index is 12.5. The van der Waals surface area contributed by atoms with E-state index in [4.69, 9.17) is 4.74 Å². The van der Waals surface area contributed by atoms with Crippen LogP contribution in [0.15, 0.2) is 23.8 Å². The second-order valence-corrected chi connectivity index (χ2v) is 10.1. The van der Waals surface area contributed by atoms with Gasteiger partial charge in [-0.15, -0.1) is 0 Å². The summed E-state index contributed by atoms with van der Waals surface area (Å²) in [6.07, 6.45) is 5.23. The van der Waals surface area contributed by atoms with Gasteiger partial charge >= 0.3 is 11.9 Å². The van der Waals surface area contributed by atoms with Crippen LogP contribution in [0.2, 0.25) is 0 Å². The van der Waals surface area contributed by atoms with E-state index in [0.29, 0.717) is 11.8 Å². The third kappa shape index (κ3) is 10.5. The van der Waals surface area contributed by atoms with Crippen LogP contribution in [-0.4, -0.2) is 45.6 Å². The van der Waals surface area contributed by atoms with Gasteiger partial charge < -0.3 is 20.1 Å². The van der Waals surface area contributed by atoms with Crippen LogP contribution in [0.4, 0.5) is 0 Å². The van der Waals surface area contributed by atoms with Crippen molar-refractivity contribution in [1.82, 2.24) is 0 Å². The molecule has 8 atom stereocenters. The SMILES string of the molecule is C[C@@H]1C[C@H](C)C[C@H](C)[C@@H](O)CC(=O)OC(C[C@H](C)C(=O)O)C/C=C/C=C(/C#N)[C@H](O)[C@@H](C)C1. The summed E-state index contributed by atoms with van der Waals surface area (Å²) < 4.78 is 5.52. The lowest BCUT2D eigenvalue weighted by Crippen LogP contribution is -2.28. The Bertz CT molecular complexity index is 740. The molecule has 0 aliphatic carbocycles. The van der Waals surface area contributed by atoms with Gasteiger partial charge in [0.2, 0.25) is 0 Å². The van der Waals surface area contributed by atoms with Gasteiger partial charge in [-0.3, -0.25) is 9.59 Å². The van der Waals surface area contributed by atoms with Gasteiger partial charge in [-0.25, -0.2) is 0 Å². The monoisotopic (exact) mass is 463 g/mol. The fourth-order valence-corrected chi connectivity index (χ4v) is 4.64. The van der Waals surface area contributed by atoms with Crippen LogP contribution >= 0.6 is 0 Å². The number of esters is 1. The molecule has 0 amide bonds.